The molecule has 38 valence electrons. The first-order valence-electron chi connectivity index (χ1n) is 1.32. The Bertz CT molecular complexity index is 113. The van der Waals surface area contributed by atoms with Gasteiger partial charge in [0, 0.05) is 0 Å². The molecule has 0 aliphatic rings. The van der Waals surface area contributed by atoms with Crippen LogP contribution >= 0.6 is 0 Å². The van der Waals surface area contributed by atoms with E-state index < -0.39 is 10.1 Å². The molecule has 0 spiro atoms. The Morgan fingerprint density at radius 2 is 1.83 bits per heavy atom. The molecule has 0 aliphatic carbocycles. The summed E-state index contributed by atoms with van der Waals surface area (Å²) in [6, 6.07) is 0. The van der Waals surface area contributed by atoms with Gasteiger partial charge in [-0.3, -0.25) is 0 Å². The van der Waals surface area contributed by atoms with E-state index in [2.05, 4.69) is 3.87 Å². The van der Waals surface area contributed by atoms with Gasteiger partial charge in [-0.15, -0.1) is 0 Å². The topological polar surface area (TPSA) is 43.4 Å². The highest BCUT2D eigenvalue weighted by Crippen LogP contribution is 1.74. The van der Waals surface area contributed by atoms with Gasteiger partial charge in [0.1, 0.15) is 0 Å². The van der Waals surface area contributed by atoms with Crippen LogP contribution in [0.3, 0.4) is 0 Å². The Labute approximate surface area is 40.0 Å². The van der Waals surface area contributed by atoms with Crippen LogP contribution in [0, 0.1) is 0 Å². The average Bonchev–Trinajstić information content (AvgIpc) is 1.35. The van der Waals surface area contributed by atoms with Crippen LogP contribution in [0.4, 0.5) is 0 Å². The second-order valence-corrected chi connectivity index (χ2v) is 3.61. The van der Waals surface area contributed by atoms with Crippen LogP contribution < -0.4 is 0 Å². The molecule has 0 rings (SSSR count). The minimum atomic E-state index is -3.10. The van der Waals surface area contributed by atoms with Gasteiger partial charge in [0.2, 0.25) is 0 Å². The Kier molecular flexibility index (Phi) is 1.76. The molecule has 0 amide bonds. The molecule has 6 heavy (non-hydrogen) atoms. The third-order valence-corrected chi connectivity index (χ3v) is 2.72. The number of hydrogen-bond donors (Lipinski definition) is 0. The van der Waals surface area contributed by atoms with Crippen LogP contribution in [0.15, 0.2) is 0 Å². The van der Waals surface area contributed by atoms with Gasteiger partial charge < -0.3 is 3.87 Å². The first-order valence-corrected chi connectivity index (χ1v) is 3.95. The largest absolute Gasteiger partial charge is 0.327 e. The maximum absolute atomic E-state index is 9.81. The SMILES string of the molecule is CS(=O)(=O)O[SiH3]. The van der Waals surface area contributed by atoms with Crippen molar-refractivity contribution >= 4 is 20.6 Å². The van der Waals surface area contributed by atoms with E-state index in [-0.39, 0.29) is 10.5 Å². The molecule has 0 fully saturated rings. The van der Waals surface area contributed by atoms with Crippen molar-refractivity contribution in [2.75, 3.05) is 6.26 Å². The van der Waals surface area contributed by atoms with E-state index in [0.29, 0.717) is 0 Å². The minimum Gasteiger partial charge on any atom is -0.327 e. The third-order valence-electron chi connectivity index (χ3n) is 0.303. The molecular weight excluding hydrogens is 120 g/mol. The predicted octanol–water partition coefficient (Wildman–Crippen LogP) is -1.76. The predicted molar refractivity (Wildman–Crippen MR) is 25.9 cm³/mol. The van der Waals surface area contributed by atoms with E-state index in [1.54, 1.807) is 0 Å². The summed E-state index contributed by atoms with van der Waals surface area (Å²) < 4.78 is 23.7. The number of rotatable bonds is 1. The van der Waals surface area contributed by atoms with Crippen LogP contribution in [0.1, 0.15) is 0 Å². The van der Waals surface area contributed by atoms with Gasteiger partial charge in [0.05, 0.1) is 6.26 Å². The first kappa shape index (κ1) is 6.13. The Hall–Kier alpha value is 0.127. The second-order valence-electron chi connectivity index (χ2n) is 0.871. The molecule has 0 atom stereocenters. The van der Waals surface area contributed by atoms with E-state index in [4.69, 9.17) is 0 Å². The molecule has 0 saturated carbocycles. The van der Waals surface area contributed by atoms with Crippen molar-refractivity contribution in [3.8, 4) is 0 Å². The minimum absolute atomic E-state index is 0.260. The normalized spacial score (nSPS) is 12.2. The summed E-state index contributed by atoms with van der Waals surface area (Å²) in [6.07, 6.45) is 1.03. The van der Waals surface area contributed by atoms with Gasteiger partial charge in [-0.25, -0.2) is 8.42 Å². The van der Waals surface area contributed by atoms with Gasteiger partial charge in [-0.1, -0.05) is 0 Å². The van der Waals surface area contributed by atoms with Gasteiger partial charge in [0.15, 0.2) is 10.5 Å². The van der Waals surface area contributed by atoms with Crippen molar-refractivity contribution in [3.63, 3.8) is 0 Å². The summed E-state index contributed by atoms with van der Waals surface area (Å²) in [5, 5.41) is 0. The molecule has 0 heterocycles. The van der Waals surface area contributed by atoms with E-state index in [9.17, 15) is 8.42 Å². The molecule has 0 aliphatic heterocycles. The van der Waals surface area contributed by atoms with Crippen molar-refractivity contribution < 1.29 is 12.3 Å². The first-order chi connectivity index (χ1) is 2.56. The maximum Gasteiger partial charge on any atom is 0.253 e. The summed E-state index contributed by atoms with van der Waals surface area (Å²) in [7, 11) is -2.84. The lowest BCUT2D eigenvalue weighted by atomic mass is 12.0. The molecule has 0 saturated heterocycles. The van der Waals surface area contributed by atoms with Gasteiger partial charge >= 0.3 is 0 Å². The zero-order valence-corrected chi connectivity index (χ0v) is 6.45. The van der Waals surface area contributed by atoms with Crippen LogP contribution in [0.5, 0.6) is 0 Å². The van der Waals surface area contributed by atoms with Gasteiger partial charge in [0.25, 0.3) is 10.1 Å². The van der Waals surface area contributed by atoms with Crippen molar-refractivity contribution in [1.29, 1.82) is 0 Å². The van der Waals surface area contributed by atoms with E-state index in [0.717, 1.165) is 6.26 Å². The maximum atomic E-state index is 9.81. The Balaban J connectivity index is 3.85. The van der Waals surface area contributed by atoms with Crippen LogP contribution in [0.25, 0.3) is 0 Å². The molecule has 0 N–H and O–H groups in total. The van der Waals surface area contributed by atoms with Crippen LogP contribution in [0.2, 0.25) is 0 Å². The zero-order valence-electron chi connectivity index (χ0n) is 3.63. The monoisotopic (exact) mass is 126 g/mol. The van der Waals surface area contributed by atoms with Gasteiger partial charge in [-0.2, -0.15) is 0 Å². The highest BCUT2D eigenvalue weighted by Gasteiger charge is 1.89. The molecule has 0 bridgehead atoms. The molecule has 3 nitrogen and oxygen atoms in total. The van der Waals surface area contributed by atoms with Crippen molar-refractivity contribution in [2.24, 2.45) is 0 Å². The quantitative estimate of drug-likeness (QED) is 0.391. The molecule has 0 aromatic rings. The molecule has 5 heteroatoms. The summed E-state index contributed by atoms with van der Waals surface area (Å²) >= 11 is 0. The summed E-state index contributed by atoms with van der Waals surface area (Å²) in [6.45, 7) is 0. The lowest BCUT2D eigenvalue weighted by molar-refractivity contribution is 0.515. The smallest absolute Gasteiger partial charge is 0.253 e. The number of hydrogen-bond acceptors (Lipinski definition) is 3. The van der Waals surface area contributed by atoms with Crippen molar-refractivity contribution in [1.82, 2.24) is 0 Å². The molecular formula is CH6O3SSi. The Morgan fingerprint density at radius 3 is 1.83 bits per heavy atom. The fourth-order valence-corrected chi connectivity index (χ4v) is 0. The summed E-state index contributed by atoms with van der Waals surface area (Å²) in [5.41, 5.74) is 0. The van der Waals surface area contributed by atoms with E-state index in [1.807, 2.05) is 0 Å². The van der Waals surface area contributed by atoms with Crippen molar-refractivity contribution in [3.05, 3.63) is 0 Å². The summed E-state index contributed by atoms with van der Waals surface area (Å²) in [4.78, 5) is 0. The fraction of sp³-hybridized carbons (Fsp3) is 1.00. The van der Waals surface area contributed by atoms with E-state index in [1.165, 1.54) is 0 Å². The van der Waals surface area contributed by atoms with Gasteiger partial charge in [-0.05, 0) is 0 Å². The standard InChI is InChI=1S/CH6O3SSi/c1-5(2,3)4-6/h1,6H3. The second kappa shape index (κ2) is 1.72. The molecule has 0 radical (unpaired) electrons. The lowest BCUT2D eigenvalue weighted by Crippen LogP contribution is -1.97. The molecule has 0 aromatic carbocycles. The highest BCUT2D eigenvalue weighted by molar-refractivity contribution is 7.86. The van der Waals surface area contributed by atoms with Crippen LogP contribution in [-0.4, -0.2) is 25.2 Å². The summed E-state index contributed by atoms with van der Waals surface area (Å²) in [5.74, 6) is 0. The van der Waals surface area contributed by atoms with Crippen LogP contribution in [-0.2, 0) is 14.0 Å². The average molecular weight is 126 g/mol. The highest BCUT2D eigenvalue weighted by atomic mass is 32.2. The fourth-order valence-electron chi connectivity index (χ4n) is 0. The van der Waals surface area contributed by atoms with E-state index >= 15 is 0 Å². The zero-order chi connectivity index (χ0) is 5.21. The Morgan fingerprint density at radius 1 is 1.67 bits per heavy atom. The third kappa shape index (κ3) is 4.13. The van der Waals surface area contributed by atoms with Crippen molar-refractivity contribution in [2.45, 2.75) is 0 Å². The lowest BCUT2D eigenvalue weighted by Gasteiger charge is -1.85. The molecule has 0 unspecified atom stereocenters. The molecule has 0 aromatic heterocycles.